The molecule has 1 heterocycles. The van der Waals surface area contributed by atoms with Gasteiger partial charge in [-0.3, -0.25) is 0 Å². The van der Waals surface area contributed by atoms with Gasteiger partial charge in [-0.05, 0) is 30.0 Å². The monoisotopic (exact) mass is 290 g/mol. The molecular formula is C14H17F3O3. The zero-order valence-corrected chi connectivity index (χ0v) is 10.9. The highest BCUT2D eigenvalue weighted by atomic mass is 19.4. The molecule has 1 aliphatic rings. The van der Waals surface area contributed by atoms with Crippen LogP contribution in [0.2, 0.25) is 0 Å². The van der Waals surface area contributed by atoms with Crippen LogP contribution in [-0.2, 0) is 17.6 Å². The summed E-state index contributed by atoms with van der Waals surface area (Å²) in [4.78, 5) is 0. The van der Waals surface area contributed by atoms with Gasteiger partial charge < -0.3 is 14.6 Å². The fourth-order valence-electron chi connectivity index (χ4n) is 2.12. The van der Waals surface area contributed by atoms with Crippen LogP contribution in [0, 0.1) is 0 Å². The molecule has 3 nitrogen and oxygen atoms in total. The highest BCUT2D eigenvalue weighted by Gasteiger charge is 2.27. The fourth-order valence-corrected chi connectivity index (χ4v) is 2.12. The van der Waals surface area contributed by atoms with E-state index in [1.54, 1.807) is 0 Å². The van der Waals surface area contributed by atoms with Gasteiger partial charge in [-0.2, -0.15) is 13.2 Å². The number of aliphatic hydroxyl groups is 1. The first-order valence-corrected chi connectivity index (χ1v) is 6.51. The lowest BCUT2D eigenvalue weighted by Gasteiger charge is -2.13. The summed E-state index contributed by atoms with van der Waals surface area (Å²) in [6, 6.07) is 5.82. The van der Waals surface area contributed by atoms with E-state index in [-0.39, 0.29) is 6.61 Å². The summed E-state index contributed by atoms with van der Waals surface area (Å²) in [5, 5.41) is 9.58. The maximum Gasteiger partial charge on any atom is 0.411 e. The Hall–Kier alpha value is -1.27. The zero-order chi connectivity index (χ0) is 14.6. The van der Waals surface area contributed by atoms with Crippen molar-refractivity contribution in [2.45, 2.75) is 31.5 Å². The van der Waals surface area contributed by atoms with Crippen molar-refractivity contribution < 1.29 is 27.8 Å². The Morgan fingerprint density at radius 1 is 1.35 bits per heavy atom. The minimum atomic E-state index is -4.35. The molecular weight excluding hydrogens is 273 g/mol. The van der Waals surface area contributed by atoms with Crippen molar-refractivity contribution in [2.24, 2.45) is 0 Å². The number of hydrogen-bond acceptors (Lipinski definition) is 3. The van der Waals surface area contributed by atoms with Gasteiger partial charge in [0.25, 0.3) is 0 Å². The standard InChI is InChI=1S/C14H17F3O3/c15-14(16,17)9-19-8-12(18)3-1-10-2-4-13-11(7-10)5-6-20-13/h2,4,7,12,18H,1,3,5-6,8-9H2. The van der Waals surface area contributed by atoms with Crippen molar-refractivity contribution in [3.05, 3.63) is 29.3 Å². The van der Waals surface area contributed by atoms with Gasteiger partial charge in [-0.1, -0.05) is 12.1 Å². The molecule has 0 saturated carbocycles. The Bertz CT molecular complexity index is 446. The van der Waals surface area contributed by atoms with E-state index in [1.165, 1.54) is 0 Å². The lowest BCUT2D eigenvalue weighted by molar-refractivity contribution is -0.179. The van der Waals surface area contributed by atoms with Crippen LogP contribution < -0.4 is 4.74 Å². The first-order valence-electron chi connectivity index (χ1n) is 6.51. The molecule has 0 amide bonds. The van der Waals surface area contributed by atoms with Crippen LogP contribution in [0.25, 0.3) is 0 Å². The molecule has 1 aliphatic heterocycles. The first kappa shape index (κ1) is 15.1. The van der Waals surface area contributed by atoms with E-state index in [0.29, 0.717) is 19.4 Å². The predicted molar refractivity (Wildman–Crippen MR) is 66.8 cm³/mol. The Morgan fingerprint density at radius 2 is 2.15 bits per heavy atom. The van der Waals surface area contributed by atoms with E-state index < -0.39 is 18.9 Å². The molecule has 0 saturated heterocycles. The predicted octanol–water partition coefficient (Wildman–Crippen LogP) is 2.49. The Morgan fingerprint density at radius 3 is 2.90 bits per heavy atom. The molecule has 0 fully saturated rings. The molecule has 2 rings (SSSR count). The minimum absolute atomic E-state index is 0.298. The number of halogens is 3. The maximum atomic E-state index is 11.9. The number of fused-ring (bicyclic) bond motifs is 1. The second-order valence-corrected chi connectivity index (χ2v) is 4.86. The van der Waals surface area contributed by atoms with Gasteiger partial charge in [0.15, 0.2) is 0 Å². The fraction of sp³-hybridized carbons (Fsp3) is 0.571. The number of alkyl halides is 3. The molecule has 1 N–H and O–H groups in total. The number of benzene rings is 1. The van der Waals surface area contributed by atoms with Crippen LogP contribution in [0.4, 0.5) is 13.2 Å². The average molecular weight is 290 g/mol. The summed E-state index contributed by atoms with van der Waals surface area (Å²) in [5.74, 6) is 0.891. The minimum Gasteiger partial charge on any atom is -0.493 e. The van der Waals surface area contributed by atoms with Gasteiger partial charge >= 0.3 is 6.18 Å². The molecule has 0 aromatic heterocycles. The SMILES string of the molecule is OC(CCc1ccc2c(c1)CCO2)COCC(F)(F)F. The van der Waals surface area contributed by atoms with E-state index in [4.69, 9.17) is 4.74 Å². The highest BCUT2D eigenvalue weighted by molar-refractivity contribution is 5.39. The highest BCUT2D eigenvalue weighted by Crippen LogP contribution is 2.26. The summed E-state index contributed by atoms with van der Waals surface area (Å²) in [6.45, 7) is -0.930. The van der Waals surface area contributed by atoms with E-state index in [0.717, 1.165) is 23.3 Å². The average Bonchev–Trinajstić information content (AvgIpc) is 2.82. The third-order valence-electron chi connectivity index (χ3n) is 3.10. The number of hydrogen-bond donors (Lipinski definition) is 1. The van der Waals surface area contributed by atoms with E-state index in [1.807, 2.05) is 18.2 Å². The summed E-state index contributed by atoms with van der Waals surface area (Å²) in [5.41, 5.74) is 2.19. The Kier molecular flexibility index (Phi) is 4.88. The van der Waals surface area contributed by atoms with Crippen molar-refractivity contribution in [2.75, 3.05) is 19.8 Å². The van der Waals surface area contributed by atoms with Crippen LogP contribution in [0.15, 0.2) is 18.2 Å². The van der Waals surface area contributed by atoms with Crippen LogP contribution in [-0.4, -0.2) is 37.2 Å². The van der Waals surface area contributed by atoms with Crippen LogP contribution in [0.1, 0.15) is 17.5 Å². The third-order valence-corrected chi connectivity index (χ3v) is 3.10. The number of ether oxygens (including phenoxy) is 2. The Balaban J connectivity index is 1.72. The van der Waals surface area contributed by atoms with E-state index >= 15 is 0 Å². The van der Waals surface area contributed by atoms with Gasteiger partial charge in [0, 0.05) is 6.42 Å². The molecule has 20 heavy (non-hydrogen) atoms. The summed E-state index contributed by atoms with van der Waals surface area (Å²) < 4.78 is 45.4. The topological polar surface area (TPSA) is 38.7 Å². The molecule has 112 valence electrons. The molecule has 0 bridgehead atoms. The lowest BCUT2D eigenvalue weighted by Crippen LogP contribution is -2.23. The smallest absolute Gasteiger partial charge is 0.411 e. The third kappa shape index (κ3) is 4.68. The van der Waals surface area contributed by atoms with Crippen molar-refractivity contribution in [1.82, 2.24) is 0 Å². The quantitative estimate of drug-likeness (QED) is 0.875. The Labute approximate surface area is 115 Å². The summed E-state index contributed by atoms with van der Waals surface area (Å²) in [7, 11) is 0. The summed E-state index contributed by atoms with van der Waals surface area (Å²) in [6.07, 6.45) is -3.39. The van der Waals surface area contributed by atoms with Crippen molar-refractivity contribution in [1.29, 1.82) is 0 Å². The molecule has 1 unspecified atom stereocenters. The van der Waals surface area contributed by atoms with Crippen LogP contribution in [0.5, 0.6) is 5.75 Å². The number of aliphatic hydroxyl groups excluding tert-OH is 1. The molecule has 0 aliphatic carbocycles. The van der Waals surface area contributed by atoms with Gasteiger partial charge in [-0.25, -0.2) is 0 Å². The van der Waals surface area contributed by atoms with E-state index in [2.05, 4.69) is 4.74 Å². The normalized spacial score (nSPS) is 15.8. The van der Waals surface area contributed by atoms with E-state index in [9.17, 15) is 18.3 Å². The van der Waals surface area contributed by atoms with Gasteiger partial charge in [0.1, 0.15) is 12.4 Å². The van der Waals surface area contributed by atoms with Crippen molar-refractivity contribution in [3.8, 4) is 5.75 Å². The van der Waals surface area contributed by atoms with Gasteiger partial charge in [0.2, 0.25) is 0 Å². The van der Waals surface area contributed by atoms with Gasteiger partial charge in [0.05, 0.1) is 19.3 Å². The van der Waals surface area contributed by atoms with Gasteiger partial charge in [-0.15, -0.1) is 0 Å². The van der Waals surface area contributed by atoms with Crippen molar-refractivity contribution in [3.63, 3.8) is 0 Å². The second-order valence-electron chi connectivity index (χ2n) is 4.86. The summed E-state index contributed by atoms with van der Waals surface area (Å²) >= 11 is 0. The molecule has 1 atom stereocenters. The lowest BCUT2D eigenvalue weighted by atomic mass is 10.0. The number of rotatable bonds is 6. The molecule has 0 spiro atoms. The molecule has 6 heteroatoms. The second kappa shape index (κ2) is 6.45. The van der Waals surface area contributed by atoms with Crippen LogP contribution >= 0.6 is 0 Å². The van der Waals surface area contributed by atoms with Crippen LogP contribution in [0.3, 0.4) is 0 Å². The number of aryl methyl sites for hydroxylation is 1. The molecule has 0 radical (unpaired) electrons. The molecule has 1 aromatic rings. The maximum absolute atomic E-state index is 11.9. The van der Waals surface area contributed by atoms with Crippen molar-refractivity contribution >= 4 is 0 Å². The first-order chi connectivity index (χ1) is 9.44. The zero-order valence-electron chi connectivity index (χ0n) is 10.9. The largest absolute Gasteiger partial charge is 0.493 e. The molecule has 1 aromatic carbocycles.